The van der Waals surface area contributed by atoms with Crippen LogP contribution in [0, 0.1) is 16.7 Å². The zero-order valence-corrected chi connectivity index (χ0v) is 19.4. The van der Waals surface area contributed by atoms with E-state index in [0.29, 0.717) is 31.4 Å². The molecule has 2 saturated carbocycles. The number of hydrogen-bond acceptors (Lipinski definition) is 9. The van der Waals surface area contributed by atoms with Crippen LogP contribution in [0.5, 0.6) is 0 Å². The van der Waals surface area contributed by atoms with Crippen molar-refractivity contribution in [3.05, 3.63) is 23.7 Å². The van der Waals surface area contributed by atoms with E-state index in [4.69, 9.17) is 18.6 Å². The maximum atomic E-state index is 12.3. The number of esters is 2. The van der Waals surface area contributed by atoms with Gasteiger partial charge in [-0.1, -0.05) is 6.92 Å². The molecule has 9 heteroatoms. The Morgan fingerprint density at radius 2 is 1.85 bits per heavy atom. The summed E-state index contributed by atoms with van der Waals surface area (Å²) in [7, 11) is 0. The van der Waals surface area contributed by atoms with Gasteiger partial charge in [0.25, 0.3) is 0 Å². The highest BCUT2D eigenvalue weighted by Crippen LogP contribution is 2.76. The lowest BCUT2D eigenvalue weighted by atomic mass is 9.35. The number of carbonyl (C=O) groups is 2. The van der Waals surface area contributed by atoms with E-state index >= 15 is 0 Å². The molecule has 3 N–H and O–H groups in total. The van der Waals surface area contributed by atoms with E-state index in [1.165, 1.54) is 13.8 Å². The van der Waals surface area contributed by atoms with Crippen LogP contribution in [-0.2, 0) is 35.6 Å². The van der Waals surface area contributed by atoms with Crippen molar-refractivity contribution in [2.75, 3.05) is 13.2 Å². The standard InChI is InChI=1S/C24H32O9/c1-13(26)32-17-6-5-16-20(3)9-7-15-8-10-30-18(15)21(20,4)24(29)19(33-14(2)27)22(16,12-31-24)23(17,28)11-25/h8,10,16-17,19,25,28-29H,5-7,9,11-12H2,1-4H3/t16-,17-,19+,20-,21-,22+,23-,24-/m1/s1. The van der Waals surface area contributed by atoms with Gasteiger partial charge in [-0.05, 0) is 55.6 Å². The van der Waals surface area contributed by atoms with Gasteiger partial charge in [-0.2, -0.15) is 0 Å². The fraction of sp³-hybridized carbons (Fsp3) is 0.750. The Morgan fingerprint density at radius 3 is 2.48 bits per heavy atom. The lowest BCUT2D eigenvalue weighted by Crippen LogP contribution is -2.81. The van der Waals surface area contributed by atoms with E-state index in [1.54, 1.807) is 6.26 Å². The van der Waals surface area contributed by atoms with Gasteiger partial charge in [0, 0.05) is 13.8 Å². The van der Waals surface area contributed by atoms with Crippen LogP contribution in [0.1, 0.15) is 58.3 Å². The molecule has 3 aliphatic carbocycles. The number of ether oxygens (including phenoxy) is 3. The molecule has 1 saturated heterocycles. The summed E-state index contributed by atoms with van der Waals surface area (Å²) >= 11 is 0. The number of rotatable bonds is 3. The fourth-order valence-electron chi connectivity index (χ4n) is 8.00. The first-order valence-electron chi connectivity index (χ1n) is 11.5. The highest BCUT2D eigenvalue weighted by Gasteiger charge is 2.87. The zero-order chi connectivity index (χ0) is 24.0. The lowest BCUT2D eigenvalue weighted by molar-refractivity contribution is -0.347. The Balaban J connectivity index is 1.79. The summed E-state index contributed by atoms with van der Waals surface area (Å²) in [6, 6.07) is 1.88. The minimum atomic E-state index is -2.04. The molecular weight excluding hydrogens is 432 g/mol. The molecule has 1 aliphatic heterocycles. The number of hydrogen-bond donors (Lipinski definition) is 3. The Labute approximate surface area is 192 Å². The number of aliphatic hydroxyl groups is 3. The SMILES string of the molecule is CC(=O)O[C@@H]1CC[C@H]2[C@]3(CO[C@](O)([C@H]3OC(C)=O)[C@]3(C)c4occc4CC[C@]23C)[C@@]1(O)CO. The van der Waals surface area contributed by atoms with Crippen LogP contribution in [0.4, 0.5) is 0 Å². The number of furan rings is 1. The predicted octanol–water partition coefficient (Wildman–Crippen LogP) is 1.21. The highest BCUT2D eigenvalue weighted by molar-refractivity contribution is 5.67. The Bertz CT molecular complexity index is 1000. The molecule has 2 heterocycles. The van der Waals surface area contributed by atoms with Gasteiger partial charge in [0.15, 0.2) is 6.10 Å². The number of carbonyl (C=O) groups excluding carboxylic acids is 2. The van der Waals surface area contributed by atoms with Gasteiger partial charge in [-0.25, -0.2) is 0 Å². The second-order valence-electron chi connectivity index (χ2n) is 10.6. The van der Waals surface area contributed by atoms with Crippen molar-refractivity contribution in [3.63, 3.8) is 0 Å². The largest absolute Gasteiger partial charge is 0.468 e. The molecule has 3 fully saturated rings. The van der Waals surface area contributed by atoms with Crippen LogP contribution in [0.15, 0.2) is 16.7 Å². The summed E-state index contributed by atoms with van der Waals surface area (Å²) in [5.74, 6) is -3.05. The quantitative estimate of drug-likeness (QED) is 0.564. The van der Waals surface area contributed by atoms with Crippen molar-refractivity contribution < 1.29 is 43.5 Å². The second kappa shape index (κ2) is 6.81. The molecule has 5 rings (SSSR count). The Hall–Kier alpha value is -1.94. The van der Waals surface area contributed by atoms with E-state index in [0.717, 1.165) is 5.56 Å². The third-order valence-corrected chi connectivity index (χ3v) is 9.61. The maximum absolute atomic E-state index is 12.3. The molecule has 0 aromatic carbocycles. The Morgan fingerprint density at radius 1 is 1.15 bits per heavy atom. The molecule has 33 heavy (non-hydrogen) atoms. The van der Waals surface area contributed by atoms with Gasteiger partial charge in [-0.3, -0.25) is 9.59 Å². The number of aryl methyl sites for hydroxylation is 1. The van der Waals surface area contributed by atoms with E-state index in [2.05, 4.69) is 0 Å². The van der Waals surface area contributed by atoms with Crippen LogP contribution in [0.2, 0.25) is 0 Å². The minimum absolute atomic E-state index is 0.178. The van der Waals surface area contributed by atoms with E-state index < -0.39 is 58.4 Å². The molecular formula is C24H32O9. The van der Waals surface area contributed by atoms with E-state index in [9.17, 15) is 24.9 Å². The first-order chi connectivity index (χ1) is 15.4. The Kier molecular flexibility index (Phi) is 4.71. The molecule has 0 radical (unpaired) electrons. The van der Waals surface area contributed by atoms with Crippen LogP contribution in [0.3, 0.4) is 0 Å². The van der Waals surface area contributed by atoms with Gasteiger partial charge in [0.2, 0.25) is 5.79 Å². The smallest absolute Gasteiger partial charge is 0.303 e. The monoisotopic (exact) mass is 464 g/mol. The minimum Gasteiger partial charge on any atom is -0.468 e. The van der Waals surface area contributed by atoms with Gasteiger partial charge >= 0.3 is 11.9 Å². The second-order valence-corrected chi connectivity index (χ2v) is 10.6. The summed E-state index contributed by atoms with van der Waals surface area (Å²) in [6.07, 6.45) is 1.42. The highest BCUT2D eigenvalue weighted by atomic mass is 16.7. The van der Waals surface area contributed by atoms with E-state index in [1.807, 2.05) is 19.9 Å². The summed E-state index contributed by atoms with van der Waals surface area (Å²) in [4.78, 5) is 24.2. The molecule has 8 atom stereocenters. The fourth-order valence-corrected chi connectivity index (χ4v) is 8.00. The van der Waals surface area contributed by atoms with Gasteiger partial charge in [0.05, 0.1) is 30.3 Å². The average molecular weight is 465 g/mol. The van der Waals surface area contributed by atoms with Crippen molar-refractivity contribution in [1.82, 2.24) is 0 Å². The van der Waals surface area contributed by atoms with Crippen LogP contribution in [-0.4, -0.2) is 64.1 Å². The molecule has 4 aliphatic rings. The van der Waals surface area contributed by atoms with Crippen molar-refractivity contribution >= 4 is 11.9 Å². The van der Waals surface area contributed by atoms with Crippen LogP contribution >= 0.6 is 0 Å². The summed E-state index contributed by atoms with van der Waals surface area (Å²) in [6.45, 7) is 5.46. The van der Waals surface area contributed by atoms with Crippen molar-refractivity contribution in [2.45, 2.75) is 82.4 Å². The molecule has 2 bridgehead atoms. The zero-order valence-electron chi connectivity index (χ0n) is 19.4. The molecule has 0 unspecified atom stereocenters. The first-order valence-corrected chi connectivity index (χ1v) is 11.5. The van der Waals surface area contributed by atoms with Gasteiger partial charge in [0.1, 0.15) is 17.5 Å². The van der Waals surface area contributed by atoms with Crippen molar-refractivity contribution in [2.24, 2.45) is 16.7 Å². The maximum Gasteiger partial charge on any atom is 0.303 e. The number of fused-ring (bicyclic) bond motifs is 6. The van der Waals surface area contributed by atoms with Crippen LogP contribution < -0.4 is 0 Å². The first kappa shape index (κ1) is 22.8. The molecule has 1 aromatic heterocycles. The van der Waals surface area contributed by atoms with Gasteiger partial charge in [-0.15, -0.1) is 0 Å². The topological polar surface area (TPSA) is 136 Å². The molecule has 0 amide bonds. The average Bonchev–Trinajstić information content (AvgIpc) is 3.32. The third-order valence-electron chi connectivity index (χ3n) is 9.61. The van der Waals surface area contributed by atoms with Crippen molar-refractivity contribution in [1.29, 1.82) is 0 Å². The van der Waals surface area contributed by atoms with E-state index in [-0.39, 0.29) is 12.5 Å². The molecule has 182 valence electrons. The third kappa shape index (κ3) is 2.36. The van der Waals surface area contributed by atoms with Crippen LogP contribution in [0.25, 0.3) is 0 Å². The number of aliphatic hydroxyl groups excluding tert-OH is 1. The normalized spacial score (nSPS) is 47.8. The van der Waals surface area contributed by atoms with Crippen molar-refractivity contribution in [3.8, 4) is 0 Å². The summed E-state index contributed by atoms with van der Waals surface area (Å²) < 4.78 is 23.3. The lowest BCUT2D eigenvalue weighted by Gasteiger charge is -2.69. The molecule has 1 aromatic rings. The summed E-state index contributed by atoms with van der Waals surface area (Å²) in [5, 5.41) is 34.9. The molecule has 9 nitrogen and oxygen atoms in total. The predicted molar refractivity (Wildman–Crippen MR) is 112 cm³/mol. The summed E-state index contributed by atoms with van der Waals surface area (Å²) in [5.41, 5.74) is -4.20. The van der Waals surface area contributed by atoms with Gasteiger partial charge < -0.3 is 33.9 Å². The molecule has 1 spiro atoms.